The lowest BCUT2D eigenvalue weighted by Gasteiger charge is -2.50. The predicted molar refractivity (Wildman–Crippen MR) is 175 cm³/mol. The van der Waals surface area contributed by atoms with Crippen LogP contribution in [0.2, 0.25) is 0 Å². The highest BCUT2D eigenvalue weighted by molar-refractivity contribution is 7.88. The van der Waals surface area contributed by atoms with Gasteiger partial charge in [-0.25, -0.2) is 4.98 Å². The molecule has 8 N–H and O–H groups in total. The Balaban J connectivity index is 0.00000133. The maximum absolute atomic E-state index is 13.0. The molecule has 2 aliphatic heterocycles. The first-order valence-electron chi connectivity index (χ1n) is 13.5. The summed E-state index contributed by atoms with van der Waals surface area (Å²) in [4.78, 5) is 47.7. The third-order valence-corrected chi connectivity index (χ3v) is 7.32. The topological polar surface area (TPSA) is 236 Å². The van der Waals surface area contributed by atoms with Gasteiger partial charge in [-0.1, -0.05) is 5.16 Å². The first kappa shape index (κ1) is 37.6. The molecule has 0 radical (unpaired) electrons. The Bertz CT molecular complexity index is 1300. The Labute approximate surface area is 274 Å². The lowest BCUT2D eigenvalue weighted by molar-refractivity contribution is -0.214. The summed E-state index contributed by atoms with van der Waals surface area (Å²) in [6, 6.07) is 6.69. The molecule has 0 spiro atoms. The fourth-order valence-electron chi connectivity index (χ4n) is 4.20. The lowest BCUT2D eigenvalue weighted by atomic mass is 9.84. The molecule has 0 saturated carbocycles. The number of hydrogen-bond acceptors (Lipinski definition) is 15. The van der Waals surface area contributed by atoms with Gasteiger partial charge in [0, 0.05) is 17.0 Å². The van der Waals surface area contributed by atoms with Gasteiger partial charge in [0.05, 0.1) is 12.1 Å². The number of rotatable bonds is 13. The minimum absolute atomic E-state index is 0.0271. The van der Waals surface area contributed by atoms with E-state index in [0.717, 1.165) is 41.3 Å². The predicted octanol–water partition coefficient (Wildman–Crippen LogP) is 1.39. The largest absolute Gasteiger partial charge is 0.490 e. The number of thiol groups is 1. The molecule has 1 unspecified atom stereocenters. The van der Waals surface area contributed by atoms with Gasteiger partial charge in [-0.2, -0.15) is 22.0 Å². The zero-order chi connectivity index (χ0) is 33.4. The van der Waals surface area contributed by atoms with Crippen molar-refractivity contribution in [1.82, 2.24) is 20.7 Å². The van der Waals surface area contributed by atoms with Crippen LogP contribution in [0.25, 0.3) is 0 Å². The molecular formula is C26H38N8O8S3. The monoisotopic (exact) mass is 686 g/mol. The summed E-state index contributed by atoms with van der Waals surface area (Å²) in [5, 5.41) is 19.6. The molecule has 248 valence electrons. The van der Waals surface area contributed by atoms with Crippen molar-refractivity contribution < 1.29 is 37.9 Å². The first-order chi connectivity index (χ1) is 21.6. The van der Waals surface area contributed by atoms with Gasteiger partial charge >= 0.3 is 0 Å². The number of anilines is 1. The third kappa shape index (κ3) is 10.8. The quantitative estimate of drug-likeness (QED) is 0.0231. The van der Waals surface area contributed by atoms with Crippen molar-refractivity contribution in [3.8, 4) is 5.75 Å². The maximum Gasteiger partial charge on any atom is 0.290 e. The summed E-state index contributed by atoms with van der Waals surface area (Å²) < 4.78 is 19.4. The van der Waals surface area contributed by atoms with E-state index in [1.807, 2.05) is 12.1 Å². The van der Waals surface area contributed by atoms with Gasteiger partial charge in [-0.15, -0.1) is 11.3 Å². The van der Waals surface area contributed by atoms with Crippen LogP contribution >= 0.6 is 36.3 Å². The van der Waals surface area contributed by atoms with Crippen molar-refractivity contribution in [3.05, 3.63) is 40.9 Å². The minimum Gasteiger partial charge on any atom is -0.490 e. The first-order valence-corrected chi connectivity index (χ1v) is 15.9. The van der Waals surface area contributed by atoms with Gasteiger partial charge in [0.2, 0.25) is 0 Å². The smallest absolute Gasteiger partial charge is 0.290 e. The van der Waals surface area contributed by atoms with E-state index in [4.69, 9.17) is 39.8 Å². The summed E-state index contributed by atoms with van der Waals surface area (Å²) in [7, 11) is 0. The average molecular weight is 687 g/mol. The van der Waals surface area contributed by atoms with Gasteiger partial charge in [0.25, 0.3) is 18.3 Å². The van der Waals surface area contributed by atoms with Crippen LogP contribution in [-0.4, -0.2) is 99.7 Å². The van der Waals surface area contributed by atoms with Crippen molar-refractivity contribution >= 4 is 71.3 Å². The number of benzene rings is 1. The van der Waals surface area contributed by atoms with Gasteiger partial charge in [0.1, 0.15) is 29.9 Å². The highest BCUT2D eigenvalue weighted by atomic mass is 32.2. The van der Waals surface area contributed by atoms with Crippen LogP contribution in [-0.2, 0) is 23.5 Å². The van der Waals surface area contributed by atoms with Crippen LogP contribution in [0.4, 0.5) is 5.13 Å². The van der Waals surface area contributed by atoms with E-state index in [0.29, 0.717) is 24.2 Å². The Morgan fingerprint density at radius 1 is 1.33 bits per heavy atom. The van der Waals surface area contributed by atoms with Crippen LogP contribution in [0, 0.1) is 0 Å². The van der Waals surface area contributed by atoms with Crippen LogP contribution in [0.3, 0.4) is 0 Å². The average Bonchev–Trinajstić information content (AvgIpc) is 3.72. The van der Waals surface area contributed by atoms with Crippen LogP contribution in [0.1, 0.15) is 37.9 Å². The van der Waals surface area contributed by atoms with E-state index < -0.39 is 23.4 Å². The lowest BCUT2D eigenvalue weighted by Crippen LogP contribution is -2.76. The number of hydrogen-bond donors (Lipinski definition) is 7. The van der Waals surface area contributed by atoms with Gasteiger partial charge < -0.3 is 41.3 Å². The second kappa shape index (κ2) is 19.0. The molecule has 19 heteroatoms. The highest BCUT2D eigenvalue weighted by Gasteiger charge is 2.57. The van der Waals surface area contributed by atoms with E-state index >= 15 is 0 Å². The van der Waals surface area contributed by atoms with Crippen molar-refractivity contribution in [1.29, 1.82) is 0 Å². The molecule has 0 aliphatic carbocycles. The molecule has 2 saturated heterocycles. The molecule has 2 atom stereocenters. The van der Waals surface area contributed by atoms with Gasteiger partial charge in [0.15, 0.2) is 29.8 Å². The zero-order valence-electron chi connectivity index (χ0n) is 24.9. The number of β-lactam (4-membered cyclic amide) rings is 1. The Morgan fingerprint density at radius 2 is 2.02 bits per heavy atom. The fourth-order valence-corrected chi connectivity index (χ4v) is 5.08. The molecule has 16 nitrogen and oxygen atoms in total. The fraction of sp³-hybridized carbons (Fsp3) is 0.462. The van der Waals surface area contributed by atoms with Gasteiger partial charge in [-0.3, -0.25) is 19.4 Å². The Hall–Kier alpha value is -3.62. The molecule has 0 bridgehead atoms. The number of ether oxygens (including phenoxy) is 1. The molecule has 1 aromatic carbocycles. The second-order valence-corrected chi connectivity index (χ2v) is 10.9. The van der Waals surface area contributed by atoms with Crippen LogP contribution in [0.15, 0.2) is 39.8 Å². The third-order valence-electron chi connectivity index (χ3n) is 6.43. The summed E-state index contributed by atoms with van der Waals surface area (Å²) in [5.41, 5.74) is 11.8. The van der Waals surface area contributed by atoms with E-state index in [1.165, 1.54) is 0 Å². The molecule has 3 heterocycles. The number of nitrogens with two attached hydrogens (primary N) is 2. The molecular weight excluding hydrogens is 649 g/mol. The summed E-state index contributed by atoms with van der Waals surface area (Å²) in [5.74, 6) is -0.139. The number of oxime groups is 1. The number of thiazole rings is 1. The maximum atomic E-state index is 13.0. The molecule has 4 rings (SSSR count). The number of aromatic nitrogens is 1. The SMILES string of the molecule is CC1(C)[C@H](NC(=O)/C(=N\OCCOc2ccc(C(N)=NCC3CCCN3)cc2)c2csc(N)n2)C(=O)N1OSO.CS.O=CO. The van der Waals surface area contributed by atoms with Crippen LogP contribution in [0.5, 0.6) is 5.75 Å². The summed E-state index contributed by atoms with van der Waals surface area (Å²) in [6.45, 7) is 4.94. The number of aliphatic imine (C=N–C) groups is 1. The molecule has 2 aromatic rings. The number of amides is 2. The van der Waals surface area contributed by atoms with E-state index in [-0.39, 0.29) is 48.5 Å². The second-order valence-electron chi connectivity index (χ2n) is 9.68. The summed E-state index contributed by atoms with van der Waals surface area (Å²) in [6.07, 6.45) is 3.96. The number of nitrogens with one attached hydrogen (secondary N) is 2. The zero-order valence-corrected chi connectivity index (χ0v) is 27.4. The number of hydroxylamine groups is 2. The number of nitrogens with zero attached hydrogens (tertiary/aromatic N) is 4. The summed E-state index contributed by atoms with van der Waals surface area (Å²) >= 11 is 4.70. The molecule has 2 amide bonds. The van der Waals surface area contributed by atoms with Crippen molar-refractivity contribution in [2.24, 2.45) is 15.9 Å². The number of carbonyl (C=O) groups is 3. The molecule has 45 heavy (non-hydrogen) atoms. The molecule has 2 aliphatic rings. The normalized spacial score (nSPS) is 18.9. The van der Waals surface area contributed by atoms with E-state index in [1.54, 1.807) is 37.6 Å². The van der Waals surface area contributed by atoms with Crippen molar-refractivity contribution in [2.75, 3.05) is 38.3 Å². The van der Waals surface area contributed by atoms with Crippen molar-refractivity contribution in [2.45, 2.75) is 44.3 Å². The number of nitrogen functional groups attached to an aromatic ring is 1. The minimum atomic E-state index is -0.918. The molecule has 2 fully saturated rings. The number of amidine groups is 1. The van der Waals surface area contributed by atoms with E-state index in [9.17, 15) is 9.59 Å². The highest BCUT2D eigenvalue weighted by Crippen LogP contribution is 2.33. The Morgan fingerprint density at radius 3 is 2.58 bits per heavy atom. The number of carboxylic acid groups (broad SMARTS) is 1. The van der Waals surface area contributed by atoms with E-state index in [2.05, 4.69) is 38.4 Å². The van der Waals surface area contributed by atoms with Gasteiger partial charge in [-0.05, 0) is 63.8 Å². The molecule has 1 aromatic heterocycles. The van der Waals surface area contributed by atoms with Crippen LogP contribution < -0.4 is 26.8 Å². The number of carbonyl (C=O) groups excluding carboxylic acids is 2. The van der Waals surface area contributed by atoms with Crippen molar-refractivity contribution in [3.63, 3.8) is 0 Å². The standard InChI is InChI=1S/C24H32N8O6S2.CH2O2.CH4S/c1-24(2)19(22(34)32(24)38-40-35)30-21(33)18(17-13-39-23(26)29-17)31-37-11-10-36-16-7-5-14(6-8-16)20(25)28-12-15-4-3-9-27-15;2-1-3;1-2/h5-8,13,15,19,27,35H,3-4,9-12H2,1-2H3,(H2,25,28)(H2,26,29)(H,30,33);1H,(H,2,3);2H,1H3/b31-18-;;/t15?,19-;;/m1../s1. The Kier molecular flexibility index (Phi) is 15.9.